The molecule has 0 saturated heterocycles. The van der Waals surface area contributed by atoms with Gasteiger partial charge in [-0.2, -0.15) is 0 Å². The van der Waals surface area contributed by atoms with Crippen LogP contribution in [0, 0.1) is 0 Å². The number of amides is 1. The molecule has 386 valence electrons. The molecule has 6 nitrogen and oxygen atoms in total. The van der Waals surface area contributed by atoms with E-state index in [0.717, 1.165) is 96.3 Å². The number of esters is 1. The molecule has 0 aromatic rings. The maximum atomic E-state index is 13.3. The van der Waals surface area contributed by atoms with Crippen molar-refractivity contribution in [3.8, 4) is 0 Å². The average molecular weight is 935 g/mol. The first-order valence-corrected chi connectivity index (χ1v) is 28.4. The normalized spacial score (nSPS) is 13.8. The number of hydrogen-bond donors (Lipinski definition) is 3. The van der Waals surface area contributed by atoms with E-state index in [0.29, 0.717) is 19.3 Å². The summed E-state index contributed by atoms with van der Waals surface area (Å²) < 4.78 is 5.93. The van der Waals surface area contributed by atoms with Crippen molar-refractivity contribution < 1.29 is 24.5 Å². The van der Waals surface area contributed by atoms with Gasteiger partial charge in [0.25, 0.3) is 0 Å². The molecule has 0 aromatic carbocycles. The van der Waals surface area contributed by atoms with Gasteiger partial charge < -0.3 is 20.3 Å². The van der Waals surface area contributed by atoms with Crippen LogP contribution in [0.1, 0.15) is 265 Å². The predicted molar refractivity (Wildman–Crippen MR) is 291 cm³/mol. The summed E-state index contributed by atoms with van der Waals surface area (Å²) in [4.78, 5) is 26.3. The first-order chi connectivity index (χ1) is 33.0. The lowest BCUT2D eigenvalue weighted by atomic mass is 10.0. The number of hydrogen-bond acceptors (Lipinski definition) is 5. The highest BCUT2D eigenvalue weighted by Gasteiger charge is 2.24. The third-order valence-corrected chi connectivity index (χ3v) is 12.6. The van der Waals surface area contributed by atoms with E-state index >= 15 is 0 Å². The fraction of sp³-hybridized carbons (Fsp3) is 0.738. The zero-order chi connectivity index (χ0) is 48.8. The van der Waals surface area contributed by atoms with E-state index in [2.05, 4.69) is 105 Å². The number of aliphatic hydroxyl groups excluding tert-OH is 2. The Kier molecular flexibility index (Phi) is 51.6. The fourth-order valence-electron chi connectivity index (χ4n) is 8.28. The Labute approximate surface area is 414 Å². The van der Waals surface area contributed by atoms with Gasteiger partial charge in [0.2, 0.25) is 5.91 Å². The SMILES string of the molecule is CC/C=C/C/C=C/C/C=C/CCCCCCCCC(=O)OC(CCCCC/C=C/C=C/C=C/C=C/CCCCC)CC(=O)NC(CO)C(O)CCCCCCCCCCCCCCCCCC. The van der Waals surface area contributed by atoms with Crippen LogP contribution in [0.5, 0.6) is 0 Å². The first-order valence-electron chi connectivity index (χ1n) is 28.4. The predicted octanol–water partition coefficient (Wildman–Crippen LogP) is 17.5. The molecule has 0 fully saturated rings. The van der Waals surface area contributed by atoms with Gasteiger partial charge in [-0.3, -0.25) is 9.59 Å². The zero-order valence-corrected chi connectivity index (χ0v) is 44.0. The smallest absolute Gasteiger partial charge is 0.306 e. The molecular weight excluding hydrogens is 827 g/mol. The standard InChI is InChI=1S/C61H107NO5/c1-4-7-10-13-16-19-22-25-28-31-34-37-40-43-46-49-52-57(67-61(66)54-51-48-45-42-39-36-33-30-27-24-21-18-15-12-9-6-3)55-60(65)62-58(56-63)59(64)53-50-47-44-41-38-35-32-29-26-23-20-17-14-11-8-5-2/h9,12,16,18-19,21-22,25,27-28,30-31,34,37,57-59,63-64H,4-8,10-11,13-15,17,20,23-24,26,29,32-33,35-36,38-56H2,1-3H3,(H,62,65)/b12-9+,19-16+,21-18+,25-22+,30-27+,31-28+,37-34+. The minimum absolute atomic E-state index is 0.0428. The molecule has 0 radical (unpaired) electrons. The summed E-state index contributed by atoms with van der Waals surface area (Å²) in [7, 11) is 0. The Morgan fingerprint density at radius 3 is 1.40 bits per heavy atom. The third kappa shape index (κ3) is 49.3. The summed E-state index contributed by atoms with van der Waals surface area (Å²) >= 11 is 0. The molecule has 0 saturated carbocycles. The lowest BCUT2D eigenvalue weighted by molar-refractivity contribution is -0.151. The number of carbonyl (C=O) groups excluding carboxylic acids is 2. The van der Waals surface area contributed by atoms with Gasteiger partial charge in [0.15, 0.2) is 0 Å². The van der Waals surface area contributed by atoms with Gasteiger partial charge >= 0.3 is 5.97 Å². The second kappa shape index (κ2) is 54.0. The molecule has 0 bridgehead atoms. The zero-order valence-electron chi connectivity index (χ0n) is 44.0. The van der Waals surface area contributed by atoms with Gasteiger partial charge in [0.1, 0.15) is 6.10 Å². The van der Waals surface area contributed by atoms with Crippen LogP contribution in [0.15, 0.2) is 85.1 Å². The molecule has 0 aliphatic heterocycles. The quantitative estimate of drug-likeness (QED) is 0.0244. The number of rotatable bonds is 50. The van der Waals surface area contributed by atoms with Crippen molar-refractivity contribution in [2.75, 3.05) is 6.61 Å². The van der Waals surface area contributed by atoms with Gasteiger partial charge in [-0.25, -0.2) is 0 Å². The van der Waals surface area contributed by atoms with Crippen LogP contribution in [0.25, 0.3) is 0 Å². The Balaban J connectivity index is 4.66. The van der Waals surface area contributed by atoms with E-state index in [1.165, 1.54) is 122 Å². The monoisotopic (exact) mass is 934 g/mol. The number of aliphatic hydroxyl groups is 2. The molecule has 0 heterocycles. The molecule has 3 unspecified atom stereocenters. The van der Waals surface area contributed by atoms with Crippen LogP contribution in [0.3, 0.4) is 0 Å². The molecule has 0 aromatic heterocycles. The van der Waals surface area contributed by atoms with E-state index in [1.54, 1.807) is 0 Å². The van der Waals surface area contributed by atoms with Crippen LogP contribution in [-0.4, -0.2) is 46.9 Å². The van der Waals surface area contributed by atoms with E-state index in [1.807, 2.05) is 6.08 Å². The number of carbonyl (C=O) groups is 2. The second-order valence-electron chi connectivity index (χ2n) is 19.0. The van der Waals surface area contributed by atoms with Crippen molar-refractivity contribution in [1.29, 1.82) is 0 Å². The highest BCUT2D eigenvalue weighted by atomic mass is 16.5. The lowest BCUT2D eigenvalue weighted by Crippen LogP contribution is -2.46. The van der Waals surface area contributed by atoms with Gasteiger partial charge in [0.05, 0.1) is 25.2 Å². The molecule has 0 spiro atoms. The Hall–Kier alpha value is -2.96. The van der Waals surface area contributed by atoms with Crippen LogP contribution in [0.4, 0.5) is 0 Å². The number of allylic oxidation sites excluding steroid dienone is 14. The molecule has 0 rings (SSSR count). The third-order valence-electron chi connectivity index (χ3n) is 12.6. The van der Waals surface area contributed by atoms with E-state index < -0.39 is 18.2 Å². The van der Waals surface area contributed by atoms with Crippen molar-refractivity contribution in [1.82, 2.24) is 5.32 Å². The van der Waals surface area contributed by atoms with Crippen LogP contribution in [0.2, 0.25) is 0 Å². The molecule has 67 heavy (non-hydrogen) atoms. The molecule has 0 aliphatic carbocycles. The van der Waals surface area contributed by atoms with Crippen molar-refractivity contribution in [3.05, 3.63) is 85.1 Å². The summed E-state index contributed by atoms with van der Waals surface area (Å²) in [5.74, 6) is -0.527. The molecule has 1 amide bonds. The fourth-order valence-corrected chi connectivity index (χ4v) is 8.28. The minimum atomic E-state index is -0.806. The molecule has 6 heteroatoms. The molecule has 3 atom stereocenters. The molecule has 3 N–H and O–H groups in total. The van der Waals surface area contributed by atoms with Crippen LogP contribution < -0.4 is 5.32 Å². The summed E-state index contributed by atoms with van der Waals surface area (Å²) in [5.41, 5.74) is 0. The highest BCUT2D eigenvalue weighted by molar-refractivity contribution is 5.77. The first kappa shape index (κ1) is 64.0. The summed E-state index contributed by atoms with van der Waals surface area (Å²) in [6, 6.07) is -0.723. The van der Waals surface area contributed by atoms with Crippen LogP contribution >= 0.6 is 0 Å². The van der Waals surface area contributed by atoms with Gasteiger partial charge in [-0.1, -0.05) is 254 Å². The minimum Gasteiger partial charge on any atom is -0.462 e. The maximum absolute atomic E-state index is 13.3. The Morgan fingerprint density at radius 1 is 0.463 bits per heavy atom. The Morgan fingerprint density at radius 2 is 0.866 bits per heavy atom. The largest absolute Gasteiger partial charge is 0.462 e. The van der Waals surface area contributed by atoms with E-state index in [4.69, 9.17) is 4.74 Å². The van der Waals surface area contributed by atoms with E-state index in [9.17, 15) is 19.8 Å². The van der Waals surface area contributed by atoms with Crippen molar-refractivity contribution >= 4 is 11.9 Å². The summed E-state index contributed by atoms with van der Waals surface area (Å²) in [6.07, 6.45) is 70.7. The van der Waals surface area contributed by atoms with Gasteiger partial charge in [-0.15, -0.1) is 0 Å². The maximum Gasteiger partial charge on any atom is 0.306 e. The summed E-state index contributed by atoms with van der Waals surface area (Å²) in [6.45, 7) is 6.34. The van der Waals surface area contributed by atoms with Gasteiger partial charge in [-0.05, 0) is 83.5 Å². The number of ether oxygens (including phenoxy) is 1. The van der Waals surface area contributed by atoms with Crippen LogP contribution in [-0.2, 0) is 14.3 Å². The van der Waals surface area contributed by atoms with Crippen molar-refractivity contribution in [3.63, 3.8) is 0 Å². The molecular formula is C61H107NO5. The van der Waals surface area contributed by atoms with E-state index in [-0.39, 0.29) is 24.9 Å². The van der Waals surface area contributed by atoms with Crippen molar-refractivity contribution in [2.24, 2.45) is 0 Å². The lowest BCUT2D eigenvalue weighted by Gasteiger charge is -2.24. The number of unbranched alkanes of at least 4 members (excludes halogenated alkanes) is 27. The second-order valence-corrected chi connectivity index (χ2v) is 19.0. The Bertz CT molecular complexity index is 1280. The average Bonchev–Trinajstić information content (AvgIpc) is 3.32. The van der Waals surface area contributed by atoms with Crippen molar-refractivity contribution in [2.45, 2.75) is 283 Å². The van der Waals surface area contributed by atoms with Gasteiger partial charge in [0, 0.05) is 6.42 Å². The summed E-state index contributed by atoms with van der Waals surface area (Å²) in [5, 5.41) is 23.9. The number of nitrogens with one attached hydrogen (secondary N) is 1. The topological polar surface area (TPSA) is 95.9 Å². The molecule has 0 aliphatic rings. The highest BCUT2D eigenvalue weighted by Crippen LogP contribution is 2.18.